The maximum atomic E-state index is 12.4. The summed E-state index contributed by atoms with van der Waals surface area (Å²) >= 11 is 0. The third-order valence-corrected chi connectivity index (χ3v) is 3.96. The molecular formula is C14H22N4O2. The number of aromatic nitrogens is 2. The van der Waals surface area contributed by atoms with E-state index in [2.05, 4.69) is 15.2 Å². The quantitative estimate of drug-likeness (QED) is 0.835. The monoisotopic (exact) mass is 278 g/mol. The smallest absolute Gasteiger partial charge is 0.293 e. The highest BCUT2D eigenvalue weighted by Crippen LogP contribution is 2.20. The summed E-state index contributed by atoms with van der Waals surface area (Å²) in [6, 6.07) is 0.854. The summed E-state index contributed by atoms with van der Waals surface area (Å²) in [4.78, 5) is 18.8. The third-order valence-electron chi connectivity index (χ3n) is 3.96. The largest absolute Gasteiger partial charge is 0.377 e. The van der Waals surface area contributed by atoms with E-state index < -0.39 is 0 Å². The van der Waals surface area contributed by atoms with Crippen molar-refractivity contribution in [3.63, 3.8) is 0 Å². The van der Waals surface area contributed by atoms with Crippen LogP contribution in [0.15, 0.2) is 17.2 Å². The van der Waals surface area contributed by atoms with Crippen molar-refractivity contribution in [2.24, 2.45) is 0 Å². The number of anilines is 1. The van der Waals surface area contributed by atoms with Crippen molar-refractivity contribution in [3.05, 3.63) is 22.7 Å². The van der Waals surface area contributed by atoms with Crippen molar-refractivity contribution in [3.8, 4) is 0 Å². The molecule has 0 bridgehead atoms. The summed E-state index contributed by atoms with van der Waals surface area (Å²) in [7, 11) is 0. The van der Waals surface area contributed by atoms with Gasteiger partial charge in [-0.3, -0.25) is 4.79 Å². The molecule has 1 atom stereocenters. The highest BCUT2D eigenvalue weighted by Gasteiger charge is 2.29. The van der Waals surface area contributed by atoms with Gasteiger partial charge in [0.05, 0.1) is 19.3 Å². The standard InChI is InChI=1S/C14H22N4O2/c1-2-17-6-5-15-13(14(17)19)18-7-8-20-10-12(18)9-16-11-3-4-11/h5-6,11-12,16H,2-4,7-10H2,1H3. The van der Waals surface area contributed by atoms with Crippen molar-refractivity contribution >= 4 is 5.82 Å². The molecule has 0 radical (unpaired) electrons. The lowest BCUT2D eigenvalue weighted by atomic mass is 10.2. The van der Waals surface area contributed by atoms with Gasteiger partial charge in [0.1, 0.15) is 0 Å². The fourth-order valence-electron chi connectivity index (χ4n) is 2.57. The molecule has 6 heteroatoms. The van der Waals surface area contributed by atoms with Crippen LogP contribution in [0.5, 0.6) is 0 Å². The molecule has 3 rings (SSSR count). The van der Waals surface area contributed by atoms with Crippen LogP contribution in [-0.2, 0) is 11.3 Å². The number of hydrogen-bond acceptors (Lipinski definition) is 5. The van der Waals surface area contributed by atoms with E-state index in [9.17, 15) is 4.79 Å². The lowest BCUT2D eigenvalue weighted by molar-refractivity contribution is 0.0930. The van der Waals surface area contributed by atoms with Crippen LogP contribution in [0.4, 0.5) is 5.82 Å². The van der Waals surface area contributed by atoms with Crippen LogP contribution in [-0.4, -0.2) is 47.9 Å². The van der Waals surface area contributed by atoms with E-state index >= 15 is 0 Å². The Bertz CT molecular complexity index is 512. The molecule has 2 fully saturated rings. The molecule has 0 amide bonds. The molecule has 2 heterocycles. The first-order chi connectivity index (χ1) is 9.79. The van der Waals surface area contributed by atoms with Gasteiger partial charge in [-0.2, -0.15) is 0 Å². The van der Waals surface area contributed by atoms with Gasteiger partial charge in [-0.15, -0.1) is 0 Å². The summed E-state index contributed by atoms with van der Waals surface area (Å²) < 4.78 is 7.26. The number of nitrogens with one attached hydrogen (secondary N) is 1. The fourth-order valence-corrected chi connectivity index (χ4v) is 2.57. The van der Waals surface area contributed by atoms with Crippen molar-refractivity contribution in [1.29, 1.82) is 0 Å². The highest BCUT2D eigenvalue weighted by molar-refractivity contribution is 5.38. The predicted molar refractivity (Wildman–Crippen MR) is 77.1 cm³/mol. The van der Waals surface area contributed by atoms with Crippen LogP contribution in [0.2, 0.25) is 0 Å². The first-order valence-electron chi connectivity index (χ1n) is 7.43. The van der Waals surface area contributed by atoms with E-state index in [1.807, 2.05) is 6.92 Å². The first-order valence-corrected chi connectivity index (χ1v) is 7.43. The summed E-state index contributed by atoms with van der Waals surface area (Å²) in [6.45, 7) is 5.53. The zero-order valence-corrected chi connectivity index (χ0v) is 11.9. The number of aryl methyl sites for hydroxylation is 1. The van der Waals surface area contributed by atoms with E-state index in [1.165, 1.54) is 12.8 Å². The number of hydrogen-bond donors (Lipinski definition) is 1. The Balaban J connectivity index is 1.79. The molecule has 1 saturated carbocycles. The van der Waals surface area contributed by atoms with Crippen molar-refractivity contribution in [2.75, 3.05) is 31.2 Å². The van der Waals surface area contributed by atoms with Gasteiger partial charge in [-0.05, 0) is 19.8 Å². The molecular weight excluding hydrogens is 256 g/mol. The molecule has 0 aromatic carbocycles. The molecule has 6 nitrogen and oxygen atoms in total. The summed E-state index contributed by atoms with van der Waals surface area (Å²) in [5.74, 6) is 0.556. The van der Waals surface area contributed by atoms with E-state index in [1.54, 1.807) is 17.0 Å². The van der Waals surface area contributed by atoms with Gasteiger partial charge in [0.2, 0.25) is 0 Å². The molecule has 1 N–H and O–H groups in total. The van der Waals surface area contributed by atoms with Crippen LogP contribution < -0.4 is 15.8 Å². The van der Waals surface area contributed by atoms with Gasteiger partial charge in [0, 0.05) is 38.1 Å². The molecule has 110 valence electrons. The lowest BCUT2D eigenvalue weighted by Crippen LogP contribution is -2.53. The van der Waals surface area contributed by atoms with Crippen LogP contribution >= 0.6 is 0 Å². The maximum absolute atomic E-state index is 12.4. The van der Waals surface area contributed by atoms with Gasteiger partial charge in [-0.1, -0.05) is 0 Å². The number of nitrogens with zero attached hydrogens (tertiary/aromatic N) is 3. The molecule has 20 heavy (non-hydrogen) atoms. The van der Waals surface area contributed by atoms with Crippen LogP contribution in [0.1, 0.15) is 19.8 Å². The van der Waals surface area contributed by atoms with Gasteiger partial charge < -0.3 is 19.5 Å². The van der Waals surface area contributed by atoms with Crippen LogP contribution in [0, 0.1) is 0 Å². The van der Waals surface area contributed by atoms with E-state index in [0.717, 1.165) is 13.1 Å². The number of morpholine rings is 1. The Morgan fingerprint density at radius 1 is 1.50 bits per heavy atom. The van der Waals surface area contributed by atoms with E-state index in [-0.39, 0.29) is 11.6 Å². The second kappa shape index (κ2) is 5.93. The van der Waals surface area contributed by atoms with Gasteiger partial charge in [-0.25, -0.2) is 4.98 Å². The third kappa shape index (κ3) is 2.86. The molecule has 2 aliphatic rings. The Morgan fingerprint density at radius 3 is 3.10 bits per heavy atom. The normalized spacial score (nSPS) is 23.1. The highest BCUT2D eigenvalue weighted by atomic mass is 16.5. The second-order valence-corrected chi connectivity index (χ2v) is 5.45. The summed E-state index contributed by atoms with van der Waals surface area (Å²) in [6.07, 6.45) is 5.98. The molecule has 1 aliphatic heterocycles. The molecule has 1 aromatic rings. The molecule has 1 aromatic heterocycles. The summed E-state index contributed by atoms with van der Waals surface area (Å²) in [5, 5.41) is 3.52. The predicted octanol–water partition coefficient (Wildman–Crippen LogP) is 0.220. The minimum atomic E-state index is -0.00618. The molecule has 1 saturated heterocycles. The van der Waals surface area contributed by atoms with Crippen LogP contribution in [0.25, 0.3) is 0 Å². The number of ether oxygens (including phenoxy) is 1. The molecule has 1 unspecified atom stereocenters. The lowest BCUT2D eigenvalue weighted by Gasteiger charge is -2.36. The Morgan fingerprint density at radius 2 is 2.35 bits per heavy atom. The molecule has 0 spiro atoms. The Labute approximate surface area is 118 Å². The van der Waals surface area contributed by atoms with Gasteiger partial charge in [0.15, 0.2) is 5.82 Å². The minimum Gasteiger partial charge on any atom is -0.377 e. The van der Waals surface area contributed by atoms with Gasteiger partial charge in [0.25, 0.3) is 5.56 Å². The zero-order chi connectivity index (χ0) is 13.9. The van der Waals surface area contributed by atoms with Crippen molar-refractivity contribution < 1.29 is 4.74 Å². The minimum absolute atomic E-state index is 0.00618. The van der Waals surface area contributed by atoms with Gasteiger partial charge >= 0.3 is 0 Å². The fraction of sp³-hybridized carbons (Fsp3) is 0.714. The first kappa shape index (κ1) is 13.6. The van der Waals surface area contributed by atoms with E-state index in [0.29, 0.717) is 31.6 Å². The zero-order valence-electron chi connectivity index (χ0n) is 11.9. The molecule has 1 aliphatic carbocycles. The average molecular weight is 278 g/mol. The Hall–Kier alpha value is -1.40. The van der Waals surface area contributed by atoms with Crippen molar-refractivity contribution in [1.82, 2.24) is 14.9 Å². The number of rotatable bonds is 5. The Kier molecular flexibility index (Phi) is 4.03. The maximum Gasteiger partial charge on any atom is 0.293 e. The topological polar surface area (TPSA) is 59.4 Å². The van der Waals surface area contributed by atoms with E-state index in [4.69, 9.17) is 4.74 Å². The van der Waals surface area contributed by atoms with Crippen LogP contribution in [0.3, 0.4) is 0 Å². The summed E-state index contributed by atoms with van der Waals surface area (Å²) in [5.41, 5.74) is -0.00618. The van der Waals surface area contributed by atoms with Crippen molar-refractivity contribution in [2.45, 2.75) is 38.4 Å². The average Bonchev–Trinajstić information content (AvgIpc) is 3.30. The SMILES string of the molecule is CCn1ccnc(N2CCOCC2CNC2CC2)c1=O. The second-order valence-electron chi connectivity index (χ2n) is 5.45.